The fourth-order valence-electron chi connectivity index (χ4n) is 3.68. The van der Waals surface area contributed by atoms with Crippen LogP contribution in [0.3, 0.4) is 0 Å². The third-order valence-electron chi connectivity index (χ3n) is 5.47. The van der Waals surface area contributed by atoms with Crippen molar-refractivity contribution in [2.75, 3.05) is 36.4 Å². The summed E-state index contributed by atoms with van der Waals surface area (Å²) >= 11 is 0. The quantitative estimate of drug-likeness (QED) is 0.884. The molecule has 0 aromatic heterocycles. The Bertz CT molecular complexity index is 886. The van der Waals surface area contributed by atoms with Crippen molar-refractivity contribution in [3.63, 3.8) is 0 Å². The Hall–Kier alpha value is -2.84. The van der Waals surface area contributed by atoms with Crippen LogP contribution in [0.25, 0.3) is 0 Å². The zero-order chi connectivity index (χ0) is 20.1. The van der Waals surface area contributed by atoms with Crippen LogP contribution >= 0.6 is 0 Å². The summed E-state index contributed by atoms with van der Waals surface area (Å²) in [7, 11) is 0. The van der Waals surface area contributed by atoms with E-state index in [0.717, 1.165) is 55.1 Å². The molecule has 3 rings (SSSR count). The number of hydrogen-bond acceptors (Lipinski definition) is 4. The average molecular weight is 377 g/mol. The van der Waals surface area contributed by atoms with E-state index < -0.39 is 0 Å². The number of carbonyl (C=O) groups is 1. The Morgan fingerprint density at radius 3 is 2.68 bits per heavy atom. The first-order valence-corrected chi connectivity index (χ1v) is 9.86. The fourth-order valence-corrected chi connectivity index (χ4v) is 3.68. The van der Waals surface area contributed by atoms with Gasteiger partial charge in [0.25, 0.3) is 0 Å². The van der Waals surface area contributed by atoms with E-state index in [1.165, 1.54) is 0 Å². The van der Waals surface area contributed by atoms with Crippen molar-refractivity contribution < 1.29 is 4.79 Å². The van der Waals surface area contributed by atoms with Crippen molar-refractivity contribution in [1.82, 2.24) is 4.90 Å². The number of nitrogens with one attached hydrogen (secondary N) is 1. The lowest BCUT2D eigenvalue weighted by molar-refractivity contribution is -0.120. The minimum atomic E-state index is -0.203. The molecule has 28 heavy (non-hydrogen) atoms. The van der Waals surface area contributed by atoms with Crippen molar-refractivity contribution in [2.45, 2.75) is 33.2 Å². The van der Waals surface area contributed by atoms with Crippen LogP contribution < -0.4 is 10.2 Å². The van der Waals surface area contributed by atoms with E-state index in [2.05, 4.69) is 27.3 Å². The number of amides is 1. The molecule has 2 aromatic carbocycles. The lowest BCUT2D eigenvalue weighted by atomic mass is 10.1. The summed E-state index contributed by atoms with van der Waals surface area (Å²) in [4.78, 5) is 17.3. The van der Waals surface area contributed by atoms with E-state index in [9.17, 15) is 10.1 Å². The Morgan fingerprint density at radius 1 is 1.11 bits per heavy atom. The molecule has 2 aromatic rings. The second-order valence-corrected chi connectivity index (χ2v) is 7.49. The molecule has 1 atom stereocenters. The number of nitrogens with zero attached hydrogens (tertiary/aromatic N) is 3. The maximum absolute atomic E-state index is 12.8. The van der Waals surface area contributed by atoms with E-state index >= 15 is 0 Å². The molecule has 5 nitrogen and oxygen atoms in total. The highest BCUT2D eigenvalue weighted by Crippen LogP contribution is 2.22. The molecule has 0 saturated carbocycles. The Balaban J connectivity index is 1.65. The maximum atomic E-state index is 12.8. The van der Waals surface area contributed by atoms with Gasteiger partial charge in [0, 0.05) is 31.9 Å². The van der Waals surface area contributed by atoms with E-state index in [4.69, 9.17) is 0 Å². The molecule has 0 radical (unpaired) electrons. The SMILES string of the molecule is Cc1ccc(C)c(NC(=O)[C@@H](C)N2CCCN(c3ccccc3C#N)CC2)c1. The van der Waals surface area contributed by atoms with Gasteiger partial charge < -0.3 is 10.2 Å². The summed E-state index contributed by atoms with van der Waals surface area (Å²) < 4.78 is 0. The van der Waals surface area contributed by atoms with Crippen molar-refractivity contribution in [3.8, 4) is 6.07 Å². The number of anilines is 2. The number of para-hydroxylation sites is 1. The summed E-state index contributed by atoms with van der Waals surface area (Å²) in [6, 6.07) is 15.9. The van der Waals surface area contributed by atoms with Crippen LogP contribution in [0.2, 0.25) is 0 Å². The second kappa shape index (κ2) is 8.90. The Kier molecular flexibility index (Phi) is 6.33. The molecule has 0 spiro atoms. The van der Waals surface area contributed by atoms with Crippen molar-refractivity contribution in [2.24, 2.45) is 0 Å². The molecule has 1 saturated heterocycles. The van der Waals surface area contributed by atoms with Crippen molar-refractivity contribution >= 4 is 17.3 Å². The number of aryl methyl sites for hydroxylation is 2. The Labute approximate surface area is 167 Å². The first-order chi connectivity index (χ1) is 13.5. The van der Waals surface area contributed by atoms with Crippen LogP contribution in [0, 0.1) is 25.2 Å². The molecule has 5 heteroatoms. The van der Waals surface area contributed by atoms with Gasteiger partial charge in [0.1, 0.15) is 6.07 Å². The van der Waals surface area contributed by atoms with Gasteiger partial charge in [-0.25, -0.2) is 0 Å². The first-order valence-electron chi connectivity index (χ1n) is 9.86. The van der Waals surface area contributed by atoms with Gasteiger partial charge in [-0.2, -0.15) is 5.26 Å². The van der Waals surface area contributed by atoms with Crippen molar-refractivity contribution in [3.05, 3.63) is 59.2 Å². The summed E-state index contributed by atoms with van der Waals surface area (Å²) in [5, 5.41) is 12.5. The van der Waals surface area contributed by atoms with Gasteiger partial charge in [0.2, 0.25) is 5.91 Å². The van der Waals surface area contributed by atoms with Crippen LogP contribution in [-0.2, 0) is 4.79 Å². The number of nitriles is 1. The molecule has 1 aliphatic rings. The van der Waals surface area contributed by atoms with Crippen molar-refractivity contribution in [1.29, 1.82) is 5.26 Å². The molecule has 1 fully saturated rings. The summed E-state index contributed by atoms with van der Waals surface area (Å²) in [6.07, 6.45) is 0.959. The molecule has 0 aliphatic carbocycles. The van der Waals surface area contributed by atoms with Gasteiger partial charge in [0.05, 0.1) is 17.3 Å². The topological polar surface area (TPSA) is 59.4 Å². The largest absolute Gasteiger partial charge is 0.369 e. The van der Waals surface area contributed by atoms with Gasteiger partial charge in [-0.15, -0.1) is 0 Å². The minimum absolute atomic E-state index is 0.0274. The molecule has 1 amide bonds. The number of hydrogen-bond donors (Lipinski definition) is 1. The predicted molar refractivity (Wildman–Crippen MR) is 114 cm³/mol. The lowest BCUT2D eigenvalue weighted by Gasteiger charge is -2.28. The molecule has 0 unspecified atom stereocenters. The predicted octanol–water partition coefficient (Wildman–Crippen LogP) is 3.71. The number of rotatable bonds is 4. The van der Waals surface area contributed by atoms with E-state index in [-0.39, 0.29) is 11.9 Å². The third-order valence-corrected chi connectivity index (χ3v) is 5.47. The highest BCUT2D eigenvalue weighted by atomic mass is 16.2. The highest BCUT2D eigenvalue weighted by molar-refractivity contribution is 5.95. The van der Waals surface area contributed by atoms with Crippen LogP contribution in [0.1, 0.15) is 30.0 Å². The fraction of sp³-hybridized carbons (Fsp3) is 0.391. The highest BCUT2D eigenvalue weighted by Gasteiger charge is 2.25. The summed E-state index contributed by atoms with van der Waals surface area (Å²) in [5.74, 6) is 0.0274. The second-order valence-electron chi connectivity index (χ2n) is 7.49. The average Bonchev–Trinajstić information content (AvgIpc) is 2.96. The maximum Gasteiger partial charge on any atom is 0.241 e. The zero-order valence-corrected chi connectivity index (χ0v) is 16.9. The molecule has 1 N–H and O–H groups in total. The summed E-state index contributed by atoms with van der Waals surface area (Å²) in [5.41, 5.74) is 4.78. The van der Waals surface area contributed by atoms with Crippen LogP contribution in [-0.4, -0.2) is 43.0 Å². The van der Waals surface area contributed by atoms with E-state index in [1.807, 2.05) is 57.2 Å². The van der Waals surface area contributed by atoms with Gasteiger partial charge >= 0.3 is 0 Å². The van der Waals surface area contributed by atoms with E-state index in [1.54, 1.807) is 0 Å². The summed E-state index contributed by atoms with van der Waals surface area (Å²) in [6.45, 7) is 9.37. The molecule has 0 bridgehead atoms. The minimum Gasteiger partial charge on any atom is -0.369 e. The standard InChI is InChI=1S/C23H28N4O/c1-17-9-10-18(2)21(15-17)25-23(28)19(3)26-11-6-12-27(14-13-26)22-8-5-4-7-20(22)16-24/h4-5,7-10,15,19H,6,11-14H2,1-3H3,(H,25,28)/t19-/m1/s1. The third kappa shape index (κ3) is 4.52. The molecule has 1 heterocycles. The van der Waals surface area contributed by atoms with Gasteiger partial charge in [0.15, 0.2) is 0 Å². The van der Waals surface area contributed by atoms with Gasteiger partial charge in [-0.1, -0.05) is 24.3 Å². The van der Waals surface area contributed by atoms with Gasteiger partial charge in [-0.05, 0) is 56.5 Å². The number of carbonyl (C=O) groups excluding carboxylic acids is 1. The Morgan fingerprint density at radius 2 is 1.89 bits per heavy atom. The first kappa shape index (κ1) is 19.9. The molecular weight excluding hydrogens is 348 g/mol. The van der Waals surface area contributed by atoms with Crippen LogP contribution in [0.5, 0.6) is 0 Å². The molecule has 1 aliphatic heterocycles. The lowest BCUT2D eigenvalue weighted by Crippen LogP contribution is -2.44. The smallest absolute Gasteiger partial charge is 0.241 e. The molecular formula is C23H28N4O. The molecule has 146 valence electrons. The van der Waals surface area contributed by atoms with Crippen LogP contribution in [0.15, 0.2) is 42.5 Å². The zero-order valence-electron chi connectivity index (χ0n) is 16.9. The normalized spacial score (nSPS) is 16.1. The van der Waals surface area contributed by atoms with Gasteiger partial charge in [-0.3, -0.25) is 9.69 Å². The number of benzene rings is 2. The monoisotopic (exact) mass is 376 g/mol. The van der Waals surface area contributed by atoms with E-state index in [0.29, 0.717) is 5.56 Å². The van der Waals surface area contributed by atoms with Crippen LogP contribution in [0.4, 0.5) is 11.4 Å².